The summed E-state index contributed by atoms with van der Waals surface area (Å²) in [6.07, 6.45) is -3.05. The van der Waals surface area contributed by atoms with E-state index >= 15 is 0 Å². The van der Waals surface area contributed by atoms with Crippen LogP contribution in [0.2, 0.25) is 5.02 Å². The summed E-state index contributed by atoms with van der Waals surface area (Å²) in [5.41, 5.74) is 1.87. The number of ether oxygens (including phenoxy) is 1. The van der Waals surface area contributed by atoms with Crippen LogP contribution in [-0.4, -0.2) is 27.6 Å². The van der Waals surface area contributed by atoms with Crippen molar-refractivity contribution in [3.63, 3.8) is 0 Å². The molecule has 0 atom stereocenters. The highest BCUT2D eigenvalue weighted by Crippen LogP contribution is 2.33. The highest BCUT2D eigenvalue weighted by atomic mass is 35.5. The Kier molecular flexibility index (Phi) is 6.08. The third-order valence-electron chi connectivity index (χ3n) is 4.51. The summed E-state index contributed by atoms with van der Waals surface area (Å²) >= 11 is 6.89. The molecule has 2 N–H and O–H groups in total. The predicted molar refractivity (Wildman–Crippen MR) is 108 cm³/mol. The van der Waals surface area contributed by atoms with Gasteiger partial charge in [0.25, 0.3) is 5.91 Å². The number of alkyl halides is 3. The van der Waals surface area contributed by atoms with Gasteiger partial charge in [0.1, 0.15) is 11.6 Å². The number of halogens is 4. The number of rotatable bonds is 5. The van der Waals surface area contributed by atoms with Gasteiger partial charge in [-0.15, -0.1) is 10.2 Å². The van der Waals surface area contributed by atoms with Gasteiger partial charge < -0.3 is 10.1 Å². The van der Waals surface area contributed by atoms with Crippen LogP contribution in [0.4, 0.5) is 18.3 Å². The first-order valence-corrected chi connectivity index (χ1v) is 10.3. The number of pyridine rings is 1. The van der Waals surface area contributed by atoms with E-state index in [2.05, 4.69) is 25.8 Å². The van der Waals surface area contributed by atoms with Crippen LogP contribution in [0.1, 0.15) is 32.1 Å². The Morgan fingerprint density at radius 2 is 2.10 bits per heavy atom. The Bertz CT molecular complexity index is 1120. The molecule has 7 nitrogen and oxygen atoms in total. The molecule has 1 aliphatic heterocycles. The number of carbonyl (C=O) groups excluding carboxylic acids is 1. The summed E-state index contributed by atoms with van der Waals surface area (Å²) in [7, 11) is 0. The summed E-state index contributed by atoms with van der Waals surface area (Å²) in [6.45, 7) is 1.54. The average molecular weight is 470 g/mol. The predicted octanol–water partition coefficient (Wildman–Crippen LogP) is 4.08. The van der Waals surface area contributed by atoms with Crippen molar-refractivity contribution in [1.82, 2.24) is 20.5 Å². The topological polar surface area (TPSA) is 89.0 Å². The van der Waals surface area contributed by atoms with Crippen molar-refractivity contribution in [3.05, 3.63) is 62.7 Å². The SMILES string of the molecule is O=C(Nc1nnc(COc2ncc(C(F)(F)F)cc2Cl)s1)c1ccc2c(c1)CCNC2. The second kappa shape index (κ2) is 8.77. The lowest BCUT2D eigenvalue weighted by molar-refractivity contribution is -0.137. The standard InChI is InChI=1S/C19H15ClF3N5O2S/c20-14-6-13(19(21,22)23)8-25-17(14)30-9-15-27-28-18(31-15)26-16(29)11-1-2-12-7-24-4-3-10(12)5-11/h1-2,5-6,8,24H,3-4,7,9H2,(H,26,28,29). The minimum Gasteiger partial charge on any atom is -0.469 e. The molecule has 3 aromatic rings. The van der Waals surface area contributed by atoms with Gasteiger partial charge in [-0.3, -0.25) is 10.1 Å². The summed E-state index contributed by atoms with van der Waals surface area (Å²) in [5, 5.41) is 14.2. The van der Waals surface area contributed by atoms with Gasteiger partial charge in [0, 0.05) is 18.3 Å². The van der Waals surface area contributed by atoms with E-state index in [1.807, 2.05) is 12.1 Å². The first-order chi connectivity index (χ1) is 14.8. The number of amides is 1. The fourth-order valence-corrected chi connectivity index (χ4v) is 3.84. The minimum absolute atomic E-state index is 0.114. The molecule has 0 saturated heterocycles. The Hall–Kier alpha value is -2.76. The number of hydrogen-bond donors (Lipinski definition) is 2. The summed E-state index contributed by atoms with van der Waals surface area (Å²) in [6, 6.07) is 6.29. The molecule has 162 valence electrons. The van der Waals surface area contributed by atoms with Gasteiger partial charge in [-0.2, -0.15) is 13.2 Å². The fraction of sp³-hybridized carbons (Fsp3) is 0.263. The molecule has 1 aromatic carbocycles. The molecular weight excluding hydrogens is 455 g/mol. The van der Waals surface area contributed by atoms with Crippen LogP contribution in [-0.2, 0) is 25.7 Å². The lowest BCUT2D eigenvalue weighted by Crippen LogP contribution is -2.24. The monoisotopic (exact) mass is 469 g/mol. The summed E-state index contributed by atoms with van der Waals surface area (Å²) < 4.78 is 43.3. The Labute approximate surface area is 183 Å². The highest BCUT2D eigenvalue weighted by molar-refractivity contribution is 7.15. The van der Waals surface area contributed by atoms with E-state index in [9.17, 15) is 18.0 Å². The molecule has 12 heteroatoms. The Balaban J connectivity index is 1.37. The zero-order chi connectivity index (χ0) is 22.0. The van der Waals surface area contributed by atoms with Gasteiger partial charge >= 0.3 is 6.18 Å². The Morgan fingerprint density at radius 1 is 1.26 bits per heavy atom. The smallest absolute Gasteiger partial charge is 0.417 e. The molecule has 1 amide bonds. The van der Waals surface area contributed by atoms with Crippen molar-refractivity contribution in [2.24, 2.45) is 0 Å². The third-order valence-corrected chi connectivity index (χ3v) is 5.59. The van der Waals surface area contributed by atoms with Crippen LogP contribution in [0.3, 0.4) is 0 Å². The van der Waals surface area contributed by atoms with E-state index in [0.717, 1.165) is 42.5 Å². The van der Waals surface area contributed by atoms with E-state index in [1.165, 1.54) is 5.56 Å². The molecule has 3 heterocycles. The second-order valence-electron chi connectivity index (χ2n) is 6.66. The molecule has 31 heavy (non-hydrogen) atoms. The molecule has 0 saturated carbocycles. The maximum atomic E-state index is 12.7. The number of aromatic nitrogens is 3. The molecule has 0 fully saturated rings. The van der Waals surface area contributed by atoms with Crippen molar-refractivity contribution < 1.29 is 22.7 Å². The van der Waals surface area contributed by atoms with Crippen LogP contribution < -0.4 is 15.4 Å². The molecule has 2 aromatic heterocycles. The average Bonchev–Trinajstić information content (AvgIpc) is 3.19. The fourth-order valence-electron chi connectivity index (χ4n) is 2.97. The van der Waals surface area contributed by atoms with Crippen molar-refractivity contribution in [2.45, 2.75) is 25.7 Å². The van der Waals surface area contributed by atoms with Gasteiger partial charge in [-0.25, -0.2) is 4.98 Å². The van der Waals surface area contributed by atoms with Crippen molar-refractivity contribution >= 4 is 34.0 Å². The van der Waals surface area contributed by atoms with Crippen molar-refractivity contribution in [3.8, 4) is 5.88 Å². The van der Waals surface area contributed by atoms with E-state index < -0.39 is 11.7 Å². The van der Waals surface area contributed by atoms with Gasteiger partial charge in [-0.1, -0.05) is 29.0 Å². The van der Waals surface area contributed by atoms with Gasteiger partial charge in [-0.05, 0) is 42.3 Å². The number of hydrogen-bond acceptors (Lipinski definition) is 7. The number of benzene rings is 1. The number of carbonyl (C=O) groups is 1. The zero-order valence-electron chi connectivity index (χ0n) is 15.8. The van der Waals surface area contributed by atoms with Crippen molar-refractivity contribution in [2.75, 3.05) is 11.9 Å². The van der Waals surface area contributed by atoms with E-state index in [4.69, 9.17) is 16.3 Å². The lowest BCUT2D eigenvalue weighted by atomic mass is 9.98. The van der Waals surface area contributed by atoms with Crippen LogP contribution >= 0.6 is 22.9 Å². The number of anilines is 1. The zero-order valence-corrected chi connectivity index (χ0v) is 17.4. The maximum absolute atomic E-state index is 12.7. The van der Waals surface area contributed by atoms with E-state index in [-0.39, 0.29) is 28.5 Å². The number of nitrogens with one attached hydrogen (secondary N) is 2. The van der Waals surface area contributed by atoms with E-state index in [0.29, 0.717) is 16.8 Å². The lowest BCUT2D eigenvalue weighted by Gasteiger charge is -2.17. The second-order valence-corrected chi connectivity index (χ2v) is 8.13. The first kappa shape index (κ1) is 21.5. The molecule has 0 aliphatic carbocycles. The third kappa shape index (κ3) is 5.12. The molecule has 0 spiro atoms. The maximum Gasteiger partial charge on any atom is 0.417 e. The molecule has 0 radical (unpaired) electrons. The van der Waals surface area contributed by atoms with Crippen LogP contribution in [0, 0.1) is 0 Å². The van der Waals surface area contributed by atoms with Crippen LogP contribution in [0.15, 0.2) is 30.5 Å². The highest BCUT2D eigenvalue weighted by Gasteiger charge is 2.31. The molecular formula is C19H15ClF3N5O2S. The van der Waals surface area contributed by atoms with Gasteiger partial charge in [0.2, 0.25) is 11.0 Å². The van der Waals surface area contributed by atoms with Gasteiger partial charge in [0.15, 0.2) is 5.01 Å². The number of nitrogens with zero attached hydrogens (tertiary/aromatic N) is 3. The quantitative estimate of drug-likeness (QED) is 0.585. The Morgan fingerprint density at radius 3 is 2.87 bits per heavy atom. The summed E-state index contributed by atoms with van der Waals surface area (Å²) in [5.74, 6) is -0.462. The minimum atomic E-state index is -4.55. The number of fused-ring (bicyclic) bond motifs is 1. The molecule has 0 unspecified atom stereocenters. The molecule has 1 aliphatic rings. The first-order valence-electron chi connectivity index (χ1n) is 9.11. The van der Waals surface area contributed by atoms with Gasteiger partial charge in [0.05, 0.1) is 5.56 Å². The molecule has 4 rings (SSSR count). The van der Waals surface area contributed by atoms with E-state index in [1.54, 1.807) is 6.07 Å². The van der Waals surface area contributed by atoms with Crippen LogP contribution in [0.5, 0.6) is 5.88 Å². The largest absolute Gasteiger partial charge is 0.469 e. The molecule has 0 bridgehead atoms. The summed E-state index contributed by atoms with van der Waals surface area (Å²) in [4.78, 5) is 16.1. The normalized spacial score (nSPS) is 13.5. The van der Waals surface area contributed by atoms with Crippen LogP contribution in [0.25, 0.3) is 0 Å². The van der Waals surface area contributed by atoms with Crippen molar-refractivity contribution in [1.29, 1.82) is 0 Å².